The fraction of sp³-hybridized carbons (Fsp3) is 1.00. The zero-order valence-electron chi connectivity index (χ0n) is 7.82. The van der Waals surface area contributed by atoms with Crippen molar-refractivity contribution in [2.75, 3.05) is 11.0 Å². The van der Waals surface area contributed by atoms with E-state index in [1.165, 1.54) is 18.1 Å². The van der Waals surface area contributed by atoms with E-state index in [0.29, 0.717) is 0 Å². The van der Waals surface area contributed by atoms with Crippen molar-refractivity contribution >= 4 is 30.9 Å². The molecule has 0 spiro atoms. The van der Waals surface area contributed by atoms with Crippen molar-refractivity contribution in [3.63, 3.8) is 0 Å². The summed E-state index contributed by atoms with van der Waals surface area (Å²) in [6.45, 7) is 7.77. The zero-order valence-corrected chi connectivity index (χ0v) is 11.0. The van der Waals surface area contributed by atoms with Crippen molar-refractivity contribution in [2.45, 2.75) is 38.9 Å². The van der Waals surface area contributed by atoms with E-state index in [-0.39, 0.29) is 0 Å². The molecule has 0 heterocycles. The summed E-state index contributed by atoms with van der Waals surface area (Å²) >= 11 is 2.37. The van der Waals surface area contributed by atoms with Crippen LogP contribution in [0.5, 0.6) is 0 Å². The second-order valence-electron chi connectivity index (χ2n) is 2.78. The first-order valence-corrected chi connectivity index (χ1v) is 8.50. The molecular weight excluding hydrogens is 267 g/mol. The second kappa shape index (κ2) is 6.43. The first-order chi connectivity index (χ1) is 5.24. The van der Waals surface area contributed by atoms with Crippen molar-refractivity contribution in [2.24, 2.45) is 0 Å². The van der Waals surface area contributed by atoms with Crippen LogP contribution in [0.25, 0.3) is 0 Å². The lowest BCUT2D eigenvalue weighted by Gasteiger charge is -2.27. The quantitative estimate of drug-likeness (QED) is 0.413. The molecule has 0 aromatic heterocycles. The standard InChI is InChI=1S/C8H19IOSi/c1-4-11(5-2,6-3)10-8-7-9/h4-8H2,1-3H3. The third kappa shape index (κ3) is 3.89. The number of halogens is 1. The second-order valence-corrected chi connectivity index (χ2v) is 8.64. The van der Waals surface area contributed by atoms with Crippen LogP contribution < -0.4 is 0 Å². The fourth-order valence-corrected chi connectivity index (χ4v) is 4.59. The highest BCUT2D eigenvalue weighted by atomic mass is 127. The Hall–Kier alpha value is 0.907. The van der Waals surface area contributed by atoms with Gasteiger partial charge in [0.05, 0.1) is 0 Å². The first kappa shape index (κ1) is 11.9. The Bertz CT molecular complexity index is 85.8. The molecule has 68 valence electrons. The molecule has 0 unspecified atom stereocenters. The fourth-order valence-electron chi connectivity index (χ4n) is 1.31. The molecule has 0 fully saturated rings. The van der Waals surface area contributed by atoms with Gasteiger partial charge in [-0.3, -0.25) is 0 Å². The van der Waals surface area contributed by atoms with E-state index in [4.69, 9.17) is 4.43 Å². The van der Waals surface area contributed by atoms with Gasteiger partial charge in [0.25, 0.3) is 0 Å². The predicted molar refractivity (Wildman–Crippen MR) is 62.0 cm³/mol. The van der Waals surface area contributed by atoms with Gasteiger partial charge in [-0.1, -0.05) is 43.4 Å². The highest BCUT2D eigenvalue weighted by Gasteiger charge is 2.27. The Morgan fingerprint density at radius 1 is 1.09 bits per heavy atom. The summed E-state index contributed by atoms with van der Waals surface area (Å²) in [7, 11) is -1.24. The monoisotopic (exact) mass is 286 g/mol. The topological polar surface area (TPSA) is 9.23 Å². The molecule has 0 bridgehead atoms. The van der Waals surface area contributed by atoms with Crippen molar-refractivity contribution in [1.29, 1.82) is 0 Å². The predicted octanol–water partition coefficient (Wildman–Crippen LogP) is 3.44. The average Bonchev–Trinajstić information content (AvgIpc) is 2.08. The minimum atomic E-state index is -1.24. The van der Waals surface area contributed by atoms with Crippen molar-refractivity contribution in [3.05, 3.63) is 0 Å². The molecule has 0 saturated heterocycles. The highest BCUT2D eigenvalue weighted by Crippen LogP contribution is 2.21. The molecule has 0 aliphatic rings. The van der Waals surface area contributed by atoms with Gasteiger partial charge in [0.2, 0.25) is 0 Å². The molecule has 0 saturated carbocycles. The van der Waals surface area contributed by atoms with Crippen molar-refractivity contribution < 1.29 is 4.43 Å². The zero-order chi connectivity index (χ0) is 8.74. The molecular formula is C8H19IOSi. The van der Waals surface area contributed by atoms with Gasteiger partial charge in [0, 0.05) is 11.0 Å². The Kier molecular flexibility index (Phi) is 6.96. The van der Waals surface area contributed by atoms with Crippen LogP contribution in [-0.4, -0.2) is 19.4 Å². The summed E-state index contributed by atoms with van der Waals surface area (Å²) in [6, 6.07) is 3.82. The molecule has 11 heavy (non-hydrogen) atoms. The molecule has 0 amide bonds. The molecule has 0 radical (unpaired) electrons. The van der Waals surface area contributed by atoms with Crippen LogP contribution >= 0.6 is 22.6 Å². The number of hydrogen-bond acceptors (Lipinski definition) is 1. The van der Waals surface area contributed by atoms with Crippen LogP contribution in [0.4, 0.5) is 0 Å². The van der Waals surface area contributed by atoms with Crippen LogP contribution in [0.1, 0.15) is 20.8 Å². The summed E-state index contributed by atoms with van der Waals surface area (Å²) < 4.78 is 7.09. The summed E-state index contributed by atoms with van der Waals surface area (Å²) in [5.41, 5.74) is 0. The largest absolute Gasteiger partial charge is 0.416 e. The van der Waals surface area contributed by atoms with Gasteiger partial charge in [0.15, 0.2) is 8.32 Å². The van der Waals surface area contributed by atoms with Gasteiger partial charge in [-0.2, -0.15) is 0 Å². The molecule has 0 rings (SSSR count). The Morgan fingerprint density at radius 2 is 1.55 bits per heavy atom. The van der Waals surface area contributed by atoms with E-state index in [0.717, 1.165) is 11.0 Å². The normalized spacial score (nSPS) is 12.0. The van der Waals surface area contributed by atoms with E-state index in [1.807, 2.05) is 0 Å². The Balaban J connectivity index is 3.84. The van der Waals surface area contributed by atoms with Crippen LogP contribution in [0, 0.1) is 0 Å². The SMILES string of the molecule is CC[Si](CC)(CC)OCCI. The summed E-state index contributed by atoms with van der Waals surface area (Å²) in [6.07, 6.45) is 0. The van der Waals surface area contributed by atoms with E-state index in [2.05, 4.69) is 43.4 Å². The molecule has 0 atom stereocenters. The minimum Gasteiger partial charge on any atom is -0.416 e. The molecule has 0 aromatic rings. The van der Waals surface area contributed by atoms with E-state index >= 15 is 0 Å². The smallest absolute Gasteiger partial charge is 0.192 e. The lowest BCUT2D eigenvalue weighted by Crippen LogP contribution is -2.36. The maximum absolute atomic E-state index is 5.96. The van der Waals surface area contributed by atoms with Gasteiger partial charge < -0.3 is 4.43 Å². The van der Waals surface area contributed by atoms with Crippen LogP contribution in [-0.2, 0) is 4.43 Å². The van der Waals surface area contributed by atoms with Gasteiger partial charge in [-0.05, 0) is 18.1 Å². The lowest BCUT2D eigenvalue weighted by molar-refractivity contribution is 0.327. The third-order valence-electron chi connectivity index (χ3n) is 2.42. The van der Waals surface area contributed by atoms with Gasteiger partial charge >= 0.3 is 0 Å². The lowest BCUT2D eigenvalue weighted by atomic mass is 10.9. The minimum absolute atomic E-state index is 0.961. The summed E-state index contributed by atoms with van der Waals surface area (Å²) in [5.74, 6) is 0. The average molecular weight is 286 g/mol. The van der Waals surface area contributed by atoms with Gasteiger partial charge in [0.1, 0.15) is 0 Å². The van der Waals surface area contributed by atoms with Crippen molar-refractivity contribution in [3.8, 4) is 0 Å². The Morgan fingerprint density at radius 3 is 1.82 bits per heavy atom. The molecule has 3 heteroatoms. The van der Waals surface area contributed by atoms with Crippen LogP contribution in [0.3, 0.4) is 0 Å². The molecule has 0 aromatic carbocycles. The van der Waals surface area contributed by atoms with Gasteiger partial charge in [-0.15, -0.1) is 0 Å². The van der Waals surface area contributed by atoms with E-state index < -0.39 is 8.32 Å². The highest BCUT2D eigenvalue weighted by molar-refractivity contribution is 14.1. The molecule has 0 N–H and O–H groups in total. The molecule has 1 nitrogen and oxygen atoms in total. The molecule has 0 aliphatic carbocycles. The third-order valence-corrected chi connectivity index (χ3v) is 7.54. The maximum atomic E-state index is 5.96. The van der Waals surface area contributed by atoms with E-state index in [1.54, 1.807) is 0 Å². The van der Waals surface area contributed by atoms with Crippen LogP contribution in [0.2, 0.25) is 18.1 Å². The molecule has 0 aliphatic heterocycles. The van der Waals surface area contributed by atoms with Crippen LogP contribution in [0.15, 0.2) is 0 Å². The number of hydrogen-bond donors (Lipinski definition) is 0. The summed E-state index contributed by atoms with van der Waals surface area (Å²) in [5, 5.41) is 0. The van der Waals surface area contributed by atoms with Gasteiger partial charge in [-0.25, -0.2) is 0 Å². The number of rotatable bonds is 6. The van der Waals surface area contributed by atoms with E-state index in [9.17, 15) is 0 Å². The summed E-state index contributed by atoms with van der Waals surface area (Å²) in [4.78, 5) is 0. The maximum Gasteiger partial charge on any atom is 0.192 e. The number of alkyl halides is 1. The van der Waals surface area contributed by atoms with Crippen molar-refractivity contribution in [1.82, 2.24) is 0 Å². The first-order valence-electron chi connectivity index (χ1n) is 4.44. The Labute approximate surface area is 85.2 Å².